The molecule has 0 spiro atoms. The maximum absolute atomic E-state index is 10.1. The van der Waals surface area contributed by atoms with Crippen LogP contribution < -0.4 is 4.74 Å². The number of nitrogens with zero attached hydrogens (tertiary/aromatic N) is 2. The molecule has 0 aromatic carbocycles. The Bertz CT molecular complexity index is 598. The summed E-state index contributed by atoms with van der Waals surface area (Å²) >= 11 is 0. The number of hydrogen-bond acceptors (Lipinski definition) is 5. The maximum Gasteiger partial charge on any atom is 0.176 e. The third-order valence-electron chi connectivity index (χ3n) is 5.56. The molecular weight excluding hydrogens is 292 g/mol. The molecule has 0 saturated heterocycles. The molecule has 5 heteroatoms. The van der Waals surface area contributed by atoms with Gasteiger partial charge in [0.2, 0.25) is 0 Å². The first-order valence-electron chi connectivity index (χ1n) is 8.67. The van der Waals surface area contributed by atoms with Crippen molar-refractivity contribution in [2.24, 2.45) is 16.8 Å². The van der Waals surface area contributed by atoms with Gasteiger partial charge >= 0.3 is 0 Å². The van der Waals surface area contributed by atoms with Crippen molar-refractivity contribution in [1.82, 2.24) is 4.98 Å². The fourth-order valence-electron chi connectivity index (χ4n) is 4.40. The number of pyridine rings is 1. The van der Waals surface area contributed by atoms with Gasteiger partial charge < -0.3 is 14.6 Å². The lowest BCUT2D eigenvalue weighted by Crippen LogP contribution is -2.42. The van der Waals surface area contributed by atoms with Gasteiger partial charge in [0.25, 0.3) is 0 Å². The summed E-state index contributed by atoms with van der Waals surface area (Å²) in [6.07, 6.45) is 10.0. The number of aromatic nitrogens is 1. The predicted octanol–water partition coefficient (Wildman–Crippen LogP) is 2.57. The Morgan fingerprint density at radius 2 is 2.13 bits per heavy atom. The summed E-state index contributed by atoms with van der Waals surface area (Å²) in [5, 5.41) is 10.1. The quantitative estimate of drug-likeness (QED) is 0.871. The lowest BCUT2D eigenvalue weighted by molar-refractivity contribution is -0.0910. The first-order valence-corrected chi connectivity index (χ1v) is 8.67. The van der Waals surface area contributed by atoms with Gasteiger partial charge in [-0.15, -0.1) is 0 Å². The molecule has 5 nitrogen and oxygen atoms in total. The lowest BCUT2D eigenvalue weighted by atomic mass is 9.75. The Morgan fingerprint density at radius 1 is 1.30 bits per heavy atom. The molecule has 1 aromatic rings. The summed E-state index contributed by atoms with van der Waals surface area (Å²) in [5.74, 6) is 1.67. The van der Waals surface area contributed by atoms with E-state index in [-0.39, 0.29) is 18.1 Å². The Balaban J connectivity index is 1.68. The van der Waals surface area contributed by atoms with E-state index in [4.69, 9.17) is 14.5 Å². The maximum atomic E-state index is 10.1. The van der Waals surface area contributed by atoms with Crippen LogP contribution in [0.4, 0.5) is 0 Å². The van der Waals surface area contributed by atoms with Crippen molar-refractivity contribution in [2.75, 3.05) is 7.11 Å². The third kappa shape index (κ3) is 2.66. The zero-order valence-electron chi connectivity index (χ0n) is 13.5. The van der Waals surface area contributed by atoms with Crippen LogP contribution in [-0.4, -0.2) is 41.3 Å². The van der Waals surface area contributed by atoms with Crippen molar-refractivity contribution in [3.63, 3.8) is 0 Å². The minimum absolute atomic E-state index is 0.153. The number of rotatable bonds is 3. The second-order valence-electron chi connectivity index (χ2n) is 6.90. The van der Waals surface area contributed by atoms with Gasteiger partial charge in [0.1, 0.15) is 17.9 Å². The Morgan fingerprint density at radius 3 is 2.91 bits per heavy atom. The van der Waals surface area contributed by atoms with Gasteiger partial charge in [0.15, 0.2) is 6.29 Å². The number of ether oxygens (including phenoxy) is 2. The van der Waals surface area contributed by atoms with E-state index in [1.807, 2.05) is 6.07 Å². The normalized spacial score (nSPS) is 31.7. The van der Waals surface area contributed by atoms with Crippen LogP contribution in [0.25, 0.3) is 0 Å². The van der Waals surface area contributed by atoms with E-state index in [0.717, 1.165) is 23.4 Å². The monoisotopic (exact) mass is 316 g/mol. The van der Waals surface area contributed by atoms with Crippen LogP contribution in [0, 0.1) is 11.8 Å². The Labute approximate surface area is 136 Å². The highest BCUT2D eigenvalue weighted by atomic mass is 16.6. The summed E-state index contributed by atoms with van der Waals surface area (Å²) in [6, 6.07) is 1.77. The van der Waals surface area contributed by atoms with Crippen LogP contribution in [0.2, 0.25) is 0 Å². The van der Waals surface area contributed by atoms with Crippen molar-refractivity contribution in [3.8, 4) is 5.75 Å². The van der Waals surface area contributed by atoms with E-state index in [0.29, 0.717) is 5.92 Å². The Kier molecular flexibility index (Phi) is 4.07. The summed E-state index contributed by atoms with van der Waals surface area (Å²) in [4.78, 5) is 9.01. The van der Waals surface area contributed by atoms with Crippen LogP contribution >= 0.6 is 0 Å². The standard InChI is InChI=1S/C18H24N2O3/c1-22-18(21)14-9-13-16(20-14)12-7-8-19-10-15(12)23-17(13)11-5-3-2-4-6-11/h7-8,10-11,13-14,17-18,21H,2-6,9H2,1H3. The van der Waals surface area contributed by atoms with Crippen LogP contribution in [0.5, 0.6) is 5.75 Å². The molecule has 4 rings (SSSR count). The van der Waals surface area contributed by atoms with Crippen LogP contribution in [0.1, 0.15) is 44.1 Å². The van der Waals surface area contributed by atoms with E-state index in [1.54, 1.807) is 12.4 Å². The average molecular weight is 316 g/mol. The zero-order valence-corrected chi connectivity index (χ0v) is 13.5. The molecule has 3 aliphatic rings. The third-order valence-corrected chi connectivity index (χ3v) is 5.56. The number of aliphatic hydroxyl groups excluding tert-OH is 1. The van der Waals surface area contributed by atoms with Crippen molar-refractivity contribution in [3.05, 3.63) is 24.0 Å². The molecule has 4 atom stereocenters. The van der Waals surface area contributed by atoms with Gasteiger partial charge in [-0.25, -0.2) is 0 Å². The summed E-state index contributed by atoms with van der Waals surface area (Å²) < 4.78 is 11.5. The lowest BCUT2D eigenvalue weighted by Gasteiger charge is -2.38. The van der Waals surface area contributed by atoms with Crippen molar-refractivity contribution in [1.29, 1.82) is 0 Å². The predicted molar refractivity (Wildman–Crippen MR) is 86.7 cm³/mol. The van der Waals surface area contributed by atoms with E-state index >= 15 is 0 Å². The molecule has 124 valence electrons. The van der Waals surface area contributed by atoms with Crippen molar-refractivity contribution >= 4 is 5.71 Å². The van der Waals surface area contributed by atoms with Gasteiger partial charge in [-0.05, 0) is 31.2 Å². The van der Waals surface area contributed by atoms with Crippen LogP contribution in [0.15, 0.2) is 23.5 Å². The molecule has 1 saturated carbocycles. The smallest absolute Gasteiger partial charge is 0.176 e. The summed E-state index contributed by atoms with van der Waals surface area (Å²) in [7, 11) is 1.53. The van der Waals surface area contributed by atoms with Gasteiger partial charge in [-0.1, -0.05) is 19.3 Å². The number of methoxy groups -OCH3 is 1. The molecule has 2 aliphatic heterocycles. The minimum atomic E-state index is -0.842. The SMILES string of the molecule is COC(O)C1CC2C(=N1)c1ccncc1OC2C1CCCCC1. The van der Waals surface area contributed by atoms with Gasteiger partial charge in [-0.3, -0.25) is 9.98 Å². The molecule has 0 amide bonds. The molecule has 23 heavy (non-hydrogen) atoms. The molecule has 0 bridgehead atoms. The summed E-state index contributed by atoms with van der Waals surface area (Å²) in [5.41, 5.74) is 2.10. The van der Waals surface area contributed by atoms with E-state index in [2.05, 4.69) is 4.98 Å². The van der Waals surface area contributed by atoms with E-state index in [1.165, 1.54) is 39.2 Å². The minimum Gasteiger partial charge on any atom is -0.487 e. The second-order valence-corrected chi connectivity index (χ2v) is 6.90. The first-order chi connectivity index (χ1) is 11.3. The fourth-order valence-corrected chi connectivity index (χ4v) is 4.40. The summed E-state index contributed by atoms with van der Waals surface area (Å²) in [6.45, 7) is 0. The molecular formula is C18H24N2O3. The number of fused-ring (bicyclic) bond motifs is 3. The number of aliphatic imine (C=N–C) groups is 1. The van der Waals surface area contributed by atoms with Gasteiger partial charge in [0.05, 0.1) is 11.9 Å². The molecule has 1 fully saturated rings. The molecule has 3 heterocycles. The largest absolute Gasteiger partial charge is 0.487 e. The molecule has 1 aliphatic carbocycles. The molecule has 1 N–H and O–H groups in total. The highest BCUT2D eigenvalue weighted by molar-refractivity contribution is 6.06. The highest BCUT2D eigenvalue weighted by Crippen LogP contribution is 2.43. The number of aliphatic hydroxyl groups is 1. The molecule has 1 aromatic heterocycles. The van der Waals surface area contributed by atoms with E-state index in [9.17, 15) is 5.11 Å². The van der Waals surface area contributed by atoms with Crippen molar-refractivity contribution in [2.45, 2.75) is 57.0 Å². The fraction of sp³-hybridized carbons (Fsp3) is 0.667. The number of hydrogen-bond donors (Lipinski definition) is 1. The van der Waals surface area contributed by atoms with Crippen LogP contribution in [0.3, 0.4) is 0 Å². The topological polar surface area (TPSA) is 63.9 Å². The van der Waals surface area contributed by atoms with Gasteiger partial charge in [-0.2, -0.15) is 0 Å². The molecule has 0 radical (unpaired) electrons. The zero-order chi connectivity index (χ0) is 15.8. The first kappa shape index (κ1) is 15.1. The average Bonchev–Trinajstić information content (AvgIpc) is 3.06. The van der Waals surface area contributed by atoms with Crippen LogP contribution in [-0.2, 0) is 4.74 Å². The molecule has 4 unspecified atom stereocenters. The van der Waals surface area contributed by atoms with Gasteiger partial charge in [0, 0.05) is 24.8 Å². The Hall–Kier alpha value is -1.46. The highest BCUT2D eigenvalue weighted by Gasteiger charge is 2.45. The van der Waals surface area contributed by atoms with Crippen molar-refractivity contribution < 1.29 is 14.6 Å². The van der Waals surface area contributed by atoms with E-state index < -0.39 is 6.29 Å². The second kappa shape index (κ2) is 6.21.